The SMILES string of the molecule is CC1(NC(=O)CBr)CCOCC1. The van der Waals surface area contributed by atoms with Gasteiger partial charge in [0.1, 0.15) is 0 Å². The third-order valence-corrected chi connectivity index (χ3v) is 2.67. The fraction of sp³-hybridized carbons (Fsp3) is 0.875. The highest BCUT2D eigenvalue weighted by Gasteiger charge is 2.28. The largest absolute Gasteiger partial charge is 0.381 e. The molecule has 0 aliphatic carbocycles. The average Bonchev–Trinajstić information content (AvgIpc) is 2.05. The minimum absolute atomic E-state index is 0.0525. The van der Waals surface area contributed by atoms with Crippen LogP contribution in [0, 0.1) is 0 Å². The van der Waals surface area contributed by atoms with Crippen molar-refractivity contribution in [2.24, 2.45) is 0 Å². The molecular formula is C8H14BrNO2. The quantitative estimate of drug-likeness (QED) is 0.728. The van der Waals surface area contributed by atoms with E-state index in [9.17, 15) is 4.79 Å². The molecule has 1 aliphatic rings. The zero-order valence-corrected chi connectivity index (χ0v) is 8.82. The minimum atomic E-state index is -0.0525. The van der Waals surface area contributed by atoms with Gasteiger partial charge in [-0.1, -0.05) is 15.9 Å². The van der Waals surface area contributed by atoms with Crippen LogP contribution in [0.25, 0.3) is 0 Å². The van der Waals surface area contributed by atoms with Gasteiger partial charge in [-0.3, -0.25) is 4.79 Å². The standard InChI is InChI=1S/C8H14BrNO2/c1-8(10-7(11)6-9)2-4-12-5-3-8/h2-6H2,1H3,(H,10,11). The molecule has 70 valence electrons. The summed E-state index contributed by atoms with van der Waals surface area (Å²) in [5, 5.41) is 3.36. The van der Waals surface area contributed by atoms with Crippen LogP contribution in [0.1, 0.15) is 19.8 Å². The second kappa shape index (κ2) is 4.23. The van der Waals surface area contributed by atoms with Crippen molar-refractivity contribution >= 4 is 21.8 Å². The Labute approximate surface area is 81.0 Å². The van der Waals surface area contributed by atoms with Crippen molar-refractivity contribution in [1.29, 1.82) is 0 Å². The molecule has 0 atom stereocenters. The maximum absolute atomic E-state index is 11.1. The van der Waals surface area contributed by atoms with Gasteiger partial charge in [0.2, 0.25) is 5.91 Å². The maximum Gasteiger partial charge on any atom is 0.231 e. The van der Waals surface area contributed by atoms with E-state index in [-0.39, 0.29) is 11.4 Å². The number of alkyl halides is 1. The lowest BCUT2D eigenvalue weighted by molar-refractivity contribution is -0.121. The van der Waals surface area contributed by atoms with Gasteiger partial charge < -0.3 is 10.1 Å². The van der Waals surface area contributed by atoms with Gasteiger partial charge in [0.15, 0.2) is 0 Å². The van der Waals surface area contributed by atoms with Gasteiger partial charge in [0, 0.05) is 18.8 Å². The second-order valence-electron chi connectivity index (χ2n) is 3.35. The maximum atomic E-state index is 11.1. The van der Waals surface area contributed by atoms with Gasteiger partial charge >= 0.3 is 0 Å². The number of amides is 1. The van der Waals surface area contributed by atoms with Gasteiger partial charge in [-0.25, -0.2) is 0 Å². The molecule has 0 aromatic rings. The lowest BCUT2D eigenvalue weighted by Gasteiger charge is -2.34. The number of ether oxygens (including phenoxy) is 1. The lowest BCUT2D eigenvalue weighted by Crippen LogP contribution is -2.49. The monoisotopic (exact) mass is 235 g/mol. The van der Waals surface area contributed by atoms with E-state index in [2.05, 4.69) is 28.2 Å². The predicted octanol–water partition coefficient (Wildman–Crippen LogP) is 1.07. The third kappa shape index (κ3) is 2.75. The zero-order valence-electron chi connectivity index (χ0n) is 7.23. The van der Waals surface area contributed by atoms with Crippen LogP contribution < -0.4 is 5.32 Å². The Morgan fingerprint density at radius 3 is 2.67 bits per heavy atom. The number of carbonyl (C=O) groups is 1. The first-order chi connectivity index (χ1) is 5.66. The summed E-state index contributed by atoms with van der Waals surface area (Å²) in [7, 11) is 0. The highest BCUT2D eigenvalue weighted by atomic mass is 79.9. The van der Waals surface area contributed by atoms with Gasteiger partial charge in [-0.2, -0.15) is 0 Å². The molecule has 1 aliphatic heterocycles. The molecule has 3 nitrogen and oxygen atoms in total. The van der Waals surface area contributed by atoms with E-state index < -0.39 is 0 Å². The fourth-order valence-corrected chi connectivity index (χ4v) is 1.46. The molecule has 1 N–H and O–H groups in total. The van der Waals surface area contributed by atoms with Crippen LogP contribution in [0.3, 0.4) is 0 Å². The van der Waals surface area contributed by atoms with Crippen LogP contribution in [-0.2, 0) is 9.53 Å². The molecular weight excluding hydrogens is 222 g/mol. The third-order valence-electron chi connectivity index (χ3n) is 2.16. The van der Waals surface area contributed by atoms with E-state index in [4.69, 9.17) is 4.74 Å². The van der Waals surface area contributed by atoms with E-state index in [0.29, 0.717) is 5.33 Å². The van der Waals surface area contributed by atoms with E-state index in [1.807, 2.05) is 0 Å². The summed E-state index contributed by atoms with van der Waals surface area (Å²) in [6.45, 7) is 3.56. The molecule has 1 rings (SSSR count). The van der Waals surface area contributed by atoms with Gasteiger partial charge in [-0.15, -0.1) is 0 Å². The molecule has 0 aromatic carbocycles. The van der Waals surface area contributed by atoms with Crippen molar-refractivity contribution in [3.63, 3.8) is 0 Å². The Balaban J connectivity index is 2.41. The molecule has 0 unspecified atom stereocenters. The van der Waals surface area contributed by atoms with Crippen molar-refractivity contribution in [2.75, 3.05) is 18.5 Å². The zero-order chi connectivity index (χ0) is 9.03. The normalized spacial score (nSPS) is 21.8. The molecule has 0 spiro atoms. The number of hydrogen-bond donors (Lipinski definition) is 1. The topological polar surface area (TPSA) is 38.3 Å². The summed E-state index contributed by atoms with van der Waals surface area (Å²) in [6.07, 6.45) is 1.82. The Kier molecular flexibility index (Phi) is 3.53. The fourth-order valence-electron chi connectivity index (χ4n) is 1.32. The van der Waals surface area contributed by atoms with Crippen molar-refractivity contribution in [3.05, 3.63) is 0 Å². The minimum Gasteiger partial charge on any atom is -0.381 e. The number of carbonyl (C=O) groups excluding carboxylic acids is 1. The molecule has 1 amide bonds. The van der Waals surface area contributed by atoms with Crippen molar-refractivity contribution in [1.82, 2.24) is 5.32 Å². The van der Waals surface area contributed by atoms with Crippen molar-refractivity contribution < 1.29 is 9.53 Å². The Bertz CT molecular complexity index is 166. The lowest BCUT2D eigenvalue weighted by atomic mass is 9.92. The predicted molar refractivity (Wildman–Crippen MR) is 50.4 cm³/mol. The summed E-state index contributed by atoms with van der Waals surface area (Å²) in [6, 6.07) is 0. The summed E-state index contributed by atoms with van der Waals surface area (Å²) in [4.78, 5) is 11.1. The van der Waals surface area contributed by atoms with Gasteiger partial charge in [0.25, 0.3) is 0 Å². The first-order valence-corrected chi connectivity index (χ1v) is 5.23. The second-order valence-corrected chi connectivity index (χ2v) is 3.92. The Morgan fingerprint density at radius 1 is 1.58 bits per heavy atom. The van der Waals surface area contributed by atoms with E-state index in [1.165, 1.54) is 0 Å². The first kappa shape index (κ1) is 9.99. The molecule has 4 heteroatoms. The van der Waals surface area contributed by atoms with Crippen LogP contribution in [-0.4, -0.2) is 30.0 Å². The summed E-state index contributed by atoms with van der Waals surface area (Å²) in [5.41, 5.74) is -0.0525. The van der Waals surface area contributed by atoms with Crippen LogP contribution in [0.4, 0.5) is 0 Å². The highest BCUT2D eigenvalue weighted by molar-refractivity contribution is 9.09. The average molecular weight is 236 g/mol. The number of hydrogen-bond acceptors (Lipinski definition) is 2. The first-order valence-electron chi connectivity index (χ1n) is 4.11. The Hall–Kier alpha value is -0.0900. The highest BCUT2D eigenvalue weighted by Crippen LogP contribution is 2.19. The van der Waals surface area contributed by atoms with Crippen LogP contribution in [0.15, 0.2) is 0 Å². The van der Waals surface area contributed by atoms with Crippen LogP contribution in [0.5, 0.6) is 0 Å². The van der Waals surface area contributed by atoms with Crippen molar-refractivity contribution in [2.45, 2.75) is 25.3 Å². The molecule has 0 bridgehead atoms. The summed E-state index contributed by atoms with van der Waals surface area (Å²) in [5.74, 6) is 0.0550. The van der Waals surface area contributed by atoms with E-state index in [1.54, 1.807) is 0 Å². The number of halogens is 1. The van der Waals surface area contributed by atoms with Gasteiger partial charge in [-0.05, 0) is 19.8 Å². The van der Waals surface area contributed by atoms with Crippen molar-refractivity contribution in [3.8, 4) is 0 Å². The molecule has 1 saturated heterocycles. The molecule has 1 heterocycles. The smallest absolute Gasteiger partial charge is 0.231 e. The molecule has 0 aromatic heterocycles. The Morgan fingerprint density at radius 2 is 2.17 bits per heavy atom. The van der Waals surface area contributed by atoms with Crippen LogP contribution >= 0.6 is 15.9 Å². The number of nitrogens with one attached hydrogen (secondary N) is 1. The molecule has 12 heavy (non-hydrogen) atoms. The number of rotatable bonds is 2. The molecule has 1 fully saturated rings. The molecule has 0 saturated carbocycles. The van der Waals surface area contributed by atoms with E-state index >= 15 is 0 Å². The summed E-state index contributed by atoms with van der Waals surface area (Å²) >= 11 is 3.12. The van der Waals surface area contributed by atoms with Crippen LogP contribution in [0.2, 0.25) is 0 Å². The van der Waals surface area contributed by atoms with Gasteiger partial charge in [0.05, 0.1) is 5.33 Å². The van der Waals surface area contributed by atoms with E-state index in [0.717, 1.165) is 26.1 Å². The summed E-state index contributed by atoms with van der Waals surface area (Å²) < 4.78 is 5.22. The molecule has 0 radical (unpaired) electrons.